The van der Waals surface area contributed by atoms with E-state index in [9.17, 15) is 0 Å². The van der Waals surface area contributed by atoms with E-state index in [1.807, 2.05) is 0 Å². The van der Waals surface area contributed by atoms with Crippen LogP contribution in [0.25, 0.3) is 0 Å². The van der Waals surface area contributed by atoms with Crippen LogP contribution in [0.1, 0.15) is 62.8 Å². The normalized spacial score (nSPS) is 14.4. The lowest BCUT2D eigenvalue weighted by molar-refractivity contribution is 0.363. The second-order valence-electron chi connectivity index (χ2n) is 5.67. The van der Waals surface area contributed by atoms with Gasteiger partial charge in [0.05, 0.1) is 0 Å². The molecule has 1 rings (SSSR count). The average Bonchev–Trinajstić information content (AvgIpc) is 2.36. The summed E-state index contributed by atoms with van der Waals surface area (Å²) in [4.78, 5) is 0. The maximum atomic E-state index is 3.73. The molecule has 1 aromatic carbocycles. The van der Waals surface area contributed by atoms with Crippen molar-refractivity contribution < 1.29 is 0 Å². The summed E-state index contributed by atoms with van der Waals surface area (Å²) in [6.45, 7) is 12.3. The summed E-state index contributed by atoms with van der Waals surface area (Å²) in [5.74, 6) is 0.677. The molecular formula is C17H28BrN. The Kier molecular flexibility index (Phi) is 7.09. The average molecular weight is 326 g/mol. The Bertz CT molecular complexity index is 377. The first-order valence-corrected chi connectivity index (χ1v) is 8.30. The molecule has 0 radical (unpaired) electrons. The maximum Gasteiger partial charge on any atom is 0.0346 e. The quantitative estimate of drug-likeness (QED) is 0.693. The fraction of sp³-hybridized carbons (Fsp3) is 0.647. The zero-order valence-electron chi connectivity index (χ0n) is 13.0. The highest BCUT2D eigenvalue weighted by Gasteiger charge is 2.19. The van der Waals surface area contributed by atoms with Crippen LogP contribution < -0.4 is 5.32 Å². The van der Waals surface area contributed by atoms with Gasteiger partial charge in [-0.25, -0.2) is 0 Å². The third-order valence-electron chi connectivity index (χ3n) is 3.75. The minimum atomic E-state index is 0.477. The van der Waals surface area contributed by atoms with E-state index in [0.29, 0.717) is 12.0 Å². The molecular weight excluding hydrogens is 298 g/mol. The molecule has 0 spiro atoms. The summed E-state index contributed by atoms with van der Waals surface area (Å²) in [7, 11) is 0. The zero-order valence-corrected chi connectivity index (χ0v) is 14.6. The molecule has 0 saturated carbocycles. The summed E-state index contributed by atoms with van der Waals surface area (Å²) < 4.78 is 1.24. The molecule has 108 valence electrons. The Hall–Kier alpha value is -0.340. The van der Waals surface area contributed by atoms with Crippen LogP contribution in [0.3, 0.4) is 0 Å². The molecule has 1 nitrogen and oxygen atoms in total. The Labute approximate surface area is 127 Å². The fourth-order valence-corrected chi connectivity index (χ4v) is 2.96. The molecule has 0 aliphatic carbocycles. The van der Waals surface area contributed by atoms with Gasteiger partial charge in [-0.2, -0.15) is 0 Å². The van der Waals surface area contributed by atoms with Crippen LogP contribution in [-0.2, 0) is 0 Å². The lowest BCUT2D eigenvalue weighted by Gasteiger charge is -2.26. The first-order chi connectivity index (χ1) is 9.01. The monoisotopic (exact) mass is 325 g/mol. The van der Waals surface area contributed by atoms with Crippen molar-refractivity contribution in [1.29, 1.82) is 0 Å². The highest BCUT2D eigenvalue weighted by molar-refractivity contribution is 9.10. The van der Waals surface area contributed by atoms with E-state index in [1.165, 1.54) is 40.4 Å². The number of aryl methyl sites for hydroxylation is 2. The number of rotatable bonds is 7. The van der Waals surface area contributed by atoms with E-state index in [0.717, 1.165) is 6.54 Å². The van der Waals surface area contributed by atoms with Crippen LogP contribution in [0.5, 0.6) is 0 Å². The molecule has 0 aliphatic heterocycles. The molecule has 19 heavy (non-hydrogen) atoms. The summed E-state index contributed by atoms with van der Waals surface area (Å²) in [6.07, 6.45) is 3.71. The van der Waals surface area contributed by atoms with E-state index in [-0.39, 0.29) is 0 Å². The smallest absolute Gasteiger partial charge is 0.0346 e. The van der Waals surface area contributed by atoms with Crippen molar-refractivity contribution in [3.05, 3.63) is 33.3 Å². The molecule has 0 bridgehead atoms. The summed E-state index contributed by atoms with van der Waals surface area (Å²) in [5.41, 5.74) is 4.11. The molecule has 2 unspecified atom stereocenters. The van der Waals surface area contributed by atoms with E-state index in [4.69, 9.17) is 0 Å². The minimum Gasteiger partial charge on any atom is -0.310 e. The van der Waals surface area contributed by atoms with Crippen molar-refractivity contribution in [2.45, 2.75) is 59.9 Å². The van der Waals surface area contributed by atoms with Crippen LogP contribution in [0, 0.1) is 19.8 Å². The van der Waals surface area contributed by atoms with Crippen molar-refractivity contribution in [2.24, 2.45) is 5.92 Å². The van der Waals surface area contributed by atoms with Gasteiger partial charge in [0.25, 0.3) is 0 Å². The second kappa shape index (κ2) is 8.06. The Morgan fingerprint density at radius 2 is 1.68 bits per heavy atom. The predicted molar refractivity (Wildman–Crippen MR) is 88.7 cm³/mol. The number of benzene rings is 1. The standard InChI is InChI=1S/C17H28BrN/c1-6-8-12(3)17(19-9-7-2)15-10-13(4)16(18)14(5)11-15/h10-12,17,19H,6-9H2,1-5H3. The van der Waals surface area contributed by atoms with Crippen molar-refractivity contribution in [2.75, 3.05) is 6.54 Å². The topological polar surface area (TPSA) is 12.0 Å². The number of nitrogens with one attached hydrogen (secondary N) is 1. The largest absolute Gasteiger partial charge is 0.310 e. The van der Waals surface area contributed by atoms with Gasteiger partial charge in [-0.3, -0.25) is 0 Å². The number of hydrogen-bond donors (Lipinski definition) is 1. The third kappa shape index (κ3) is 4.61. The molecule has 0 amide bonds. The molecule has 2 heteroatoms. The SMILES string of the molecule is CCCNC(c1cc(C)c(Br)c(C)c1)C(C)CCC. The Morgan fingerprint density at radius 1 is 1.11 bits per heavy atom. The summed E-state index contributed by atoms with van der Waals surface area (Å²) >= 11 is 3.66. The summed E-state index contributed by atoms with van der Waals surface area (Å²) in [5, 5.41) is 3.73. The molecule has 0 aliphatic rings. The summed E-state index contributed by atoms with van der Waals surface area (Å²) in [6, 6.07) is 5.14. The minimum absolute atomic E-state index is 0.477. The number of halogens is 1. The van der Waals surface area contributed by atoms with Gasteiger partial charge in [0.2, 0.25) is 0 Å². The van der Waals surface area contributed by atoms with E-state index in [2.05, 4.69) is 68.0 Å². The Balaban J connectivity index is 3.02. The second-order valence-corrected chi connectivity index (χ2v) is 6.46. The molecule has 1 N–H and O–H groups in total. The third-order valence-corrected chi connectivity index (χ3v) is 5.00. The van der Waals surface area contributed by atoms with Crippen LogP contribution >= 0.6 is 15.9 Å². The first-order valence-electron chi connectivity index (χ1n) is 7.51. The van der Waals surface area contributed by atoms with Gasteiger partial charge in [0, 0.05) is 10.5 Å². The highest BCUT2D eigenvalue weighted by atomic mass is 79.9. The predicted octanol–water partition coefficient (Wildman–Crippen LogP) is 5.54. The van der Waals surface area contributed by atoms with Crippen LogP contribution in [0.15, 0.2) is 16.6 Å². The molecule has 0 saturated heterocycles. The first kappa shape index (κ1) is 16.7. The maximum absolute atomic E-state index is 3.73. The van der Waals surface area contributed by atoms with Crippen molar-refractivity contribution in [3.63, 3.8) is 0 Å². The van der Waals surface area contributed by atoms with Crippen LogP contribution in [-0.4, -0.2) is 6.54 Å². The van der Waals surface area contributed by atoms with Crippen LogP contribution in [0.4, 0.5) is 0 Å². The number of hydrogen-bond acceptors (Lipinski definition) is 1. The van der Waals surface area contributed by atoms with Crippen molar-refractivity contribution in [3.8, 4) is 0 Å². The fourth-order valence-electron chi connectivity index (χ4n) is 2.73. The highest BCUT2D eigenvalue weighted by Crippen LogP contribution is 2.30. The van der Waals surface area contributed by atoms with Gasteiger partial charge >= 0.3 is 0 Å². The van der Waals surface area contributed by atoms with Gasteiger partial charge < -0.3 is 5.32 Å². The van der Waals surface area contributed by atoms with Crippen LogP contribution in [0.2, 0.25) is 0 Å². The van der Waals surface area contributed by atoms with Gasteiger partial charge in [-0.15, -0.1) is 0 Å². The molecule has 0 aromatic heterocycles. The van der Waals surface area contributed by atoms with Crippen molar-refractivity contribution >= 4 is 15.9 Å². The van der Waals surface area contributed by atoms with E-state index < -0.39 is 0 Å². The van der Waals surface area contributed by atoms with Gasteiger partial charge in [-0.1, -0.05) is 55.3 Å². The Morgan fingerprint density at radius 3 is 2.16 bits per heavy atom. The lowest BCUT2D eigenvalue weighted by Crippen LogP contribution is -2.28. The van der Waals surface area contributed by atoms with E-state index >= 15 is 0 Å². The molecule has 2 atom stereocenters. The van der Waals surface area contributed by atoms with Gasteiger partial charge in [0.1, 0.15) is 0 Å². The van der Waals surface area contributed by atoms with Gasteiger partial charge in [-0.05, 0) is 55.8 Å². The zero-order chi connectivity index (χ0) is 14.4. The molecule has 1 aromatic rings. The van der Waals surface area contributed by atoms with Gasteiger partial charge in [0.15, 0.2) is 0 Å². The van der Waals surface area contributed by atoms with E-state index in [1.54, 1.807) is 0 Å². The molecule has 0 fully saturated rings. The van der Waals surface area contributed by atoms with Crippen molar-refractivity contribution in [1.82, 2.24) is 5.32 Å². The lowest BCUT2D eigenvalue weighted by atomic mass is 9.89. The molecule has 0 heterocycles.